The molecule has 0 aromatic heterocycles. The van der Waals surface area contributed by atoms with Crippen molar-refractivity contribution in [2.45, 2.75) is 71.4 Å². The quantitative estimate of drug-likeness (QED) is 0.376. The third-order valence-corrected chi connectivity index (χ3v) is 4.81. The molecule has 0 heterocycles. The van der Waals surface area contributed by atoms with Crippen LogP contribution in [0.3, 0.4) is 0 Å². The summed E-state index contributed by atoms with van der Waals surface area (Å²) in [6.07, 6.45) is 8.73. The lowest BCUT2D eigenvalue weighted by Crippen LogP contribution is -2.44. The van der Waals surface area contributed by atoms with E-state index in [-0.39, 0.29) is 5.92 Å². The van der Waals surface area contributed by atoms with E-state index in [1.165, 1.54) is 39.0 Å². The van der Waals surface area contributed by atoms with Gasteiger partial charge in [0.2, 0.25) is 0 Å². The molecule has 0 spiro atoms. The van der Waals surface area contributed by atoms with Gasteiger partial charge in [0.1, 0.15) is 0 Å². The van der Waals surface area contributed by atoms with Crippen molar-refractivity contribution in [1.82, 2.24) is 5.32 Å². The average Bonchev–Trinajstić information content (AvgIpc) is 2.51. The van der Waals surface area contributed by atoms with Gasteiger partial charge in [-0.05, 0) is 31.1 Å². The van der Waals surface area contributed by atoms with Gasteiger partial charge in [-0.25, -0.2) is 4.79 Å². The first-order valence-corrected chi connectivity index (χ1v) is 8.75. The zero-order valence-corrected chi connectivity index (χ0v) is 14.4. The second-order valence-electron chi connectivity index (χ2n) is 6.62. The van der Waals surface area contributed by atoms with E-state index in [2.05, 4.69) is 18.8 Å². The van der Waals surface area contributed by atoms with E-state index < -0.39 is 18.3 Å². The molecule has 5 nitrogen and oxygen atoms in total. The number of hydrogen-bond donors (Lipinski definition) is 2. The van der Waals surface area contributed by atoms with E-state index in [9.17, 15) is 9.59 Å². The maximum absolute atomic E-state index is 11.4. The number of rotatable bonds is 9. The summed E-state index contributed by atoms with van der Waals surface area (Å²) >= 11 is 0. The molecule has 23 heavy (non-hydrogen) atoms. The maximum atomic E-state index is 11.4. The Bertz CT molecular complexity index is 374. The Labute approximate surface area is 139 Å². The van der Waals surface area contributed by atoms with Gasteiger partial charge in [0.15, 0.2) is 6.23 Å². The largest absolute Gasteiger partial charge is 0.465 e. The van der Waals surface area contributed by atoms with Crippen molar-refractivity contribution in [1.29, 1.82) is 0 Å². The van der Waals surface area contributed by atoms with Crippen LogP contribution in [-0.2, 0) is 9.53 Å². The van der Waals surface area contributed by atoms with Crippen molar-refractivity contribution in [2.75, 3.05) is 0 Å². The molecule has 1 aliphatic carbocycles. The summed E-state index contributed by atoms with van der Waals surface area (Å²) in [5.41, 5.74) is 0. The summed E-state index contributed by atoms with van der Waals surface area (Å²) < 4.78 is 5.29. The first-order chi connectivity index (χ1) is 11.0. The fraction of sp³-hybridized carbons (Fsp3) is 0.778. The molecule has 1 unspecified atom stereocenters. The van der Waals surface area contributed by atoms with Crippen molar-refractivity contribution < 1.29 is 19.4 Å². The van der Waals surface area contributed by atoms with Crippen LogP contribution in [0.4, 0.5) is 4.79 Å². The van der Waals surface area contributed by atoms with Gasteiger partial charge in [-0.1, -0.05) is 45.1 Å². The van der Waals surface area contributed by atoms with Gasteiger partial charge in [0, 0.05) is 12.8 Å². The molecule has 0 aromatic rings. The lowest BCUT2D eigenvalue weighted by Gasteiger charge is -2.32. The molecule has 5 heteroatoms. The fourth-order valence-electron chi connectivity index (χ4n) is 3.56. The highest BCUT2D eigenvalue weighted by molar-refractivity contribution is 5.68. The van der Waals surface area contributed by atoms with E-state index in [4.69, 9.17) is 9.84 Å². The van der Waals surface area contributed by atoms with Gasteiger partial charge in [0.25, 0.3) is 0 Å². The first kappa shape index (κ1) is 19.5. The van der Waals surface area contributed by atoms with E-state index >= 15 is 0 Å². The normalized spacial score (nSPS) is 19.4. The van der Waals surface area contributed by atoms with Gasteiger partial charge < -0.3 is 9.84 Å². The van der Waals surface area contributed by atoms with Crippen LogP contribution in [-0.4, -0.2) is 23.4 Å². The van der Waals surface area contributed by atoms with Crippen molar-refractivity contribution in [3.63, 3.8) is 0 Å². The minimum absolute atomic E-state index is 0.0129. The molecule has 3 atom stereocenters. The standard InChI is InChI=1S/C18H31NO4/c1-4-14(5-2)11-16(12-15-9-7-6-8-10-15)17(19-18(21)22)23-13(3)20/h4,14-17,19H,1,5-12H2,2-3H3,(H,21,22)/t14?,16-,17+/m1/s1. The van der Waals surface area contributed by atoms with Crippen molar-refractivity contribution >= 4 is 12.1 Å². The highest BCUT2D eigenvalue weighted by Gasteiger charge is 2.30. The summed E-state index contributed by atoms with van der Waals surface area (Å²) in [6, 6.07) is 0. The van der Waals surface area contributed by atoms with Crippen LogP contribution in [0.1, 0.15) is 65.2 Å². The molecule has 0 radical (unpaired) electrons. The molecule has 0 saturated heterocycles. The summed E-state index contributed by atoms with van der Waals surface area (Å²) in [6.45, 7) is 7.28. The number of carbonyl (C=O) groups excluding carboxylic acids is 1. The van der Waals surface area contributed by atoms with Crippen LogP contribution in [0.2, 0.25) is 0 Å². The molecule has 2 N–H and O–H groups in total. The number of carboxylic acid groups (broad SMARTS) is 1. The SMILES string of the molecule is C=CC(CC)C[C@H](CC1CCCCC1)[C@@H](NC(=O)O)OC(C)=O. The van der Waals surface area contributed by atoms with E-state index in [0.717, 1.165) is 19.3 Å². The molecule has 132 valence electrons. The summed E-state index contributed by atoms with van der Waals surface area (Å²) in [5, 5.41) is 11.5. The third kappa shape index (κ3) is 7.53. The van der Waals surface area contributed by atoms with Gasteiger partial charge in [-0.2, -0.15) is 0 Å². The minimum atomic E-state index is -1.16. The van der Waals surface area contributed by atoms with Crippen LogP contribution in [0.15, 0.2) is 12.7 Å². The lowest BCUT2D eigenvalue weighted by atomic mass is 9.79. The van der Waals surface area contributed by atoms with Crippen LogP contribution in [0.25, 0.3) is 0 Å². The van der Waals surface area contributed by atoms with E-state index in [1.807, 2.05) is 6.08 Å². The van der Waals surface area contributed by atoms with Crippen LogP contribution in [0, 0.1) is 17.8 Å². The Balaban J connectivity index is 2.84. The van der Waals surface area contributed by atoms with Crippen LogP contribution < -0.4 is 5.32 Å². The molecule has 1 amide bonds. The second-order valence-corrected chi connectivity index (χ2v) is 6.62. The number of hydrogen-bond acceptors (Lipinski definition) is 3. The van der Waals surface area contributed by atoms with E-state index in [1.54, 1.807) is 0 Å². The molecule has 1 rings (SSSR count). The van der Waals surface area contributed by atoms with Crippen molar-refractivity contribution in [3.05, 3.63) is 12.7 Å². The number of allylic oxidation sites excluding steroid dienone is 1. The molecule has 1 saturated carbocycles. The molecular weight excluding hydrogens is 294 g/mol. The van der Waals surface area contributed by atoms with E-state index in [0.29, 0.717) is 11.8 Å². The number of nitrogens with one attached hydrogen (secondary N) is 1. The molecule has 1 aliphatic rings. The molecule has 0 bridgehead atoms. The minimum Gasteiger partial charge on any atom is -0.465 e. The van der Waals surface area contributed by atoms with Crippen molar-refractivity contribution in [3.8, 4) is 0 Å². The van der Waals surface area contributed by atoms with Crippen LogP contribution in [0.5, 0.6) is 0 Å². The zero-order valence-electron chi connectivity index (χ0n) is 14.4. The summed E-state index contributed by atoms with van der Waals surface area (Å²) in [7, 11) is 0. The Kier molecular flexibility index (Phi) is 8.74. The Hall–Kier alpha value is -1.52. The topological polar surface area (TPSA) is 75.6 Å². The number of amides is 1. The average molecular weight is 325 g/mol. The Morgan fingerprint density at radius 2 is 2.00 bits per heavy atom. The Morgan fingerprint density at radius 3 is 2.48 bits per heavy atom. The zero-order chi connectivity index (χ0) is 17.2. The highest BCUT2D eigenvalue weighted by Crippen LogP contribution is 2.33. The monoisotopic (exact) mass is 325 g/mol. The van der Waals surface area contributed by atoms with Gasteiger partial charge in [-0.3, -0.25) is 10.1 Å². The lowest BCUT2D eigenvalue weighted by molar-refractivity contribution is -0.151. The maximum Gasteiger partial charge on any atom is 0.407 e. The van der Waals surface area contributed by atoms with Gasteiger partial charge >= 0.3 is 12.1 Å². The fourth-order valence-corrected chi connectivity index (χ4v) is 3.56. The third-order valence-electron chi connectivity index (χ3n) is 4.81. The molecular formula is C18H31NO4. The summed E-state index contributed by atoms with van der Waals surface area (Å²) in [5.74, 6) is 0.423. The number of carbonyl (C=O) groups is 2. The second kappa shape index (κ2) is 10.3. The predicted octanol–water partition coefficient (Wildman–Crippen LogP) is 4.33. The smallest absolute Gasteiger partial charge is 0.407 e. The number of ether oxygens (including phenoxy) is 1. The van der Waals surface area contributed by atoms with Gasteiger partial charge in [-0.15, -0.1) is 6.58 Å². The Morgan fingerprint density at radius 1 is 1.35 bits per heavy atom. The first-order valence-electron chi connectivity index (χ1n) is 8.75. The van der Waals surface area contributed by atoms with Crippen LogP contribution >= 0.6 is 0 Å². The summed E-state index contributed by atoms with van der Waals surface area (Å²) in [4.78, 5) is 22.5. The van der Waals surface area contributed by atoms with Gasteiger partial charge in [0.05, 0.1) is 0 Å². The van der Waals surface area contributed by atoms with Crippen molar-refractivity contribution in [2.24, 2.45) is 17.8 Å². The highest BCUT2D eigenvalue weighted by atomic mass is 16.6. The number of esters is 1. The molecule has 0 aliphatic heterocycles. The predicted molar refractivity (Wildman–Crippen MR) is 90.0 cm³/mol. The molecule has 0 aromatic carbocycles. The molecule has 1 fully saturated rings.